The zero-order valence-corrected chi connectivity index (χ0v) is 18.5. The van der Waals surface area contributed by atoms with Gasteiger partial charge in [-0.15, -0.1) is 16.0 Å². The number of nitrogens with one attached hydrogen (secondary N) is 2. The van der Waals surface area contributed by atoms with Gasteiger partial charge in [0.25, 0.3) is 0 Å². The number of nitrogens with zero attached hydrogens (tertiary/aromatic N) is 4. The summed E-state index contributed by atoms with van der Waals surface area (Å²) in [5.41, 5.74) is 0.685. The highest BCUT2D eigenvalue weighted by atomic mass is 35.5. The lowest BCUT2D eigenvalue weighted by Gasteiger charge is -2.26. The first-order valence-corrected chi connectivity index (χ1v) is 11.5. The second kappa shape index (κ2) is 9.53. The maximum absolute atomic E-state index is 13.2. The van der Waals surface area contributed by atoms with E-state index in [-0.39, 0.29) is 16.6 Å². The van der Waals surface area contributed by atoms with Crippen molar-refractivity contribution in [3.63, 3.8) is 0 Å². The normalized spacial score (nSPS) is 16.1. The van der Waals surface area contributed by atoms with Crippen LogP contribution in [0.4, 0.5) is 18.3 Å². The van der Waals surface area contributed by atoms with Crippen LogP contribution in [0.25, 0.3) is 5.69 Å². The number of hydrogen-bond acceptors (Lipinski definition) is 5. The molecule has 1 unspecified atom stereocenters. The first kappa shape index (κ1) is 22.7. The molecule has 0 radical (unpaired) electrons. The molecule has 1 saturated carbocycles. The van der Waals surface area contributed by atoms with Crippen molar-refractivity contribution < 1.29 is 22.6 Å². The van der Waals surface area contributed by atoms with E-state index < -0.39 is 17.9 Å². The summed E-state index contributed by atoms with van der Waals surface area (Å²) in [6.07, 6.45) is 3.12. The average molecular weight is 486 g/mol. The van der Waals surface area contributed by atoms with Crippen LogP contribution in [0.3, 0.4) is 0 Å². The summed E-state index contributed by atoms with van der Waals surface area (Å²) in [4.78, 5) is 17.2. The van der Waals surface area contributed by atoms with E-state index in [2.05, 4.69) is 25.8 Å². The average Bonchev–Trinajstić information content (AvgIpc) is 3.44. The molecule has 1 aliphatic rings. The van der Waals surface area contributed by atoms with Gasteiger partial charge >= 0.3 is 12.0 Å². The number of halogens is 4. The SMILES string of the molecule is O=C(Nc1nccs1)C(CC1CCCCC1)c1ccc(-[n+]2[nH]nnc2C(F)(F)F)c(Cl)c1. The van der Waals surface area contributed by atoms with E-state index in [1.165, 1.54) is 23.8 Å². The molecule has 7 nitrogen and oxygen atoms in total. The van der Waals surface area contributed by atoms with Crippen LogP contribution in [-0.2, 0) is 11.0 Å². The van der Waals surface area contributed by atoms with Crippen molar-refractivity contribution in [3.8, 4) is 5.69 Å². The quantitative estimate of drug-likeness (QED) is 0.486. The predicted molar refractivity (Wildman–Crippen MR) is 113 cm³/mol. The summed E-state index contributed by atoms with van der Waals surface area (Å²) in [7, 11) is 0. The van der Waals surface area contributed by atoms with E-state index in [1.807, 2.05) is 0 Å². The van der Waals surface area contributed by atoms with Gasteiger partial charge in [-0.1, -0.05) is 55.0 Å². The second-order valence-corrected chi connectivity index (χ2v) is 9.09. The van der Waals surface area contributed by atoms with Gasteiger partial charge in [0.15, 0.2) is 10.3 Å². The number of rotatable bonds is 6. The molecule has 0 saturated heterocycles. The lowest BCUT2D eigenvalue weighted by atomic mass is 9.80. The molecule has 12 heteroatoms. The molecule has 2 heterocycles. The highest BCUT2D eigenvalue weighted by Gasteiger charge is 2.45. The highest BCUT2D eigenvalue weighted by molar-refractivity contribution is 7.13. The molecule has 0 bridgehead atoms. The fraction of sp³-hybridized carbons (Fsp3) is 0.450. The molecule has 1 atom stereocenters. The molecule has 32 heavy (non-hydrogen) atoms. The topological polar surface area (TPSA) is 87.4 Å². The van der Waals surface area contributed by atoms with Crippen LogP contribution in [0.2, 0.25) is 5.02 Å². The Morgan fingerprint density at radius 2 is 2.09 bits per heavy atom. The van der Waals surface area contributed by atoms with E-state index in [9.17, 15) is 18.0 Å². The number of H-pyrrole nitrogens is 1. The van der Waals surface area contributed by atoms with Crippen molar-refractivity contribution >= 4 is 34.0 Å². The summed E-state index contributed by atoms with van der Waals surface area (Å²) in [5, 5.41) is 13.7. The third-order valence-electron chi connectivity index (χ3n) is 5.64. The minimum absolute atomic E-state index is 0.0458. The summed E-state index contributed by atoms with van der Waals surface area (Å²) in [5.74, 6) is -1.52. The van der Waals surface area contributed by atoms with Crippen LogP contribution in [0.1, 0.15) is 55.8 Å². The van der Waals surface area contributed by atoms with Crippen LogP contribution in [0.5, 0.6) is 0 Å². The molecule has 0 aliphatic heterocycles. The smallest absolute Gasteiger partial charge is 0.301 e. The van der Waals surface area contributed by atoms with E-state index in [0.29, 0.717) is 27.7 Å². The van der Waals surface area contributed by atoms with Gasteiger partial charge in [0.2, 0.25) is 5.91 Å². The van der Waals surface area contributed by atoms with Crippen LogP contribution in [0, 0.1) is 5.92 Å². The minimum Gasteiger partial charge on any atom is -0.301 e. The minimum atomic E-state index is -4.70. The Kier molecular flexibility index (Phi) is 6.75. The molecule has 1 aliphatic carbocycles. The van der Waals surface area contributed by atoms with Gasteiger partial charge in [-0.05, 0) is 30.0 Å². The fourth-order valence-electron chi connectivity index (χ4n) is 4.11. The van der Waals surface area contributed by atoms with Crippen molar-refractivity contribution in [1.82, 2.24) is 20.5 Å². The van der Waals surface area contributed by atoms with E-state index in [4.69, 9.17) is 11.6 Å². The van der Waals surface area contributed by atoms with E-state index in [1.54, 1.807) is 23.7 Å². The van der Waals surface area contributed by atoms with Crippen molar-refractivity contribution in [2.75, 3.05) is 5.32 Å². The molecular formula is C20H21ClF3N6OS+. The maximum Gasteiger partial charge on any atom is 0.488 e. The van der Waals surface area contributed by atoms with Crippen LogP contribution in [0.15, 0.2) is 29.8 Å². The lowest BCUT2D eigenvalue weighted by Crippen LogP contribution is -2.41. The van der Waals surface area contributed by atoms with Gasteiger partial charge in [-0.25, -0.2) is 4.98 Å². The number of hydrogen-bond donors (Lipinski definition) is 2. The molecule has 1 amide bonds. The molecule has 170 valence electrons. The van der Waals surface area contributed by atoms with Gasteiger partial charge < -0.3 is 5.32 Å². The van der Waals surface area contributed by atoms with E-state index in [0.717, 1.165) is 25.7 Å². The van der Waals surface area contributed by atoms with Crippen molar-refractivity contribution in [1.29, 1.82) is 0 Å². The van der Waals surface area contributed by atoms with Gasteiger partial charge in [0, 0.05) is 11.6 Å². The van der Waals surface area contributed by atoms with Crippen LogP contribution >= 0.6 is 22.9 Å². The molecular weight excluding hydrogens is 465 g/mol. The number of carbonyl (C=O) groups is 1. The lowest BCUT2D eigenvalue weighted by molar-refractivity contribution is -0.680. The molecule has 3 aromatic rings. The number of carbonyl (C=O) groups excluding carboxylic acids is 1. The molecule has 2 aromatic heterocycles. The number of alkyl halides is 3. The van der Waals surface area contributed by atoms with Crippen molar-refractivity contribution in [2.45, 2.75) is 50.6 Å². The number of benzene rings is 1. The predicted octanol–water partition coefficient (Wildman–Crippen LogP) is 4.90. The zero-order chi connectivity index (χ0) is 22.7. The Hall–Kier alpha value is -2.53. The Labute approximate surface area is 191 Å². The molecule has 2 N–H and O–H groups in total. The Morgan fingerprint density at radius 1 is 1.31 bits per heavy atom. The molecule has 0 spiro atoms. The standard InChI is InChI=1S/C20H20ClF3N6OS/c21-15-11-13(6-7-16(15)30-18(20(22,23)24)27-28-29-30)14(10-12-4-2-1-3-5-12)17(31)26-19-25-8-9-32-19/h6-9,11-12,14H,1-5,10H2,(H,25,26,31)/p+1. The van der Waals surface area contributed by atoms with Gasteiger partial charge in [0.05, 0.1) is 10.9 Å². The third kappa shape index (κ3) is 5.09. The van der Waals surface area contributed by atoms with Crippen molar-refractivity contribution in [2.24, 2.45) is 5.92 Å². The molecule has 4 rings (SSSR count). The first-order chi connectivity index (χ1) is 15.3. The second-order valence-electron chi connectivity index (χ2n) is 7.79. The number of anilines is 1. The molecule has 1 fully saturated rings. The Balaban J connectivity index is 1.64. The number of aromatic nitrogens is 5. The van der Waals surface area contributed by atoms with Gasteiger partial charge in [-0.3, -0.25) is 4.79 Å². The van der Waals surface area contributed by atoms with Crippen LogP contribution < -0.4 is 10.00 Å². The van der Waals surface area contributed by atoms with Crippen LogP contribution in [-0.4, -0.2) is 26.4 Å². The number of aromatic amines is 1. The number of amides is 1. The Morgan fingerprint density at radius 3 is 2.75 bits per heavy atom. The molecule has 1 aromatic carbocycles. The monoisotopic (exact) mass is 485 g/mol. The summed E-state index contributed by atoms with van der Waals surface area (Å²) in [6.45, 7) is 0. The maximum atomic E-state index is 13.2. The van der Waals surface area contributed by atoms with E-state index >= 15 is 0 Å². The summed E-state index contributed by atoms with van der Waals surface area (Å²) in [6, 6.07) is 4.61. The zero-order valence-electron chi connectivity index (χ0n) is 16.9. The third-order valence-corrected chi connectivity index (χ3v) is 6.63. The Bertz CT molecular complexity index is 1070. The summed E-state index contributed by atoms with van der Waals surface area (Å²) < 4.78 is 40.3. The number of thiazole rings is 1. The highest BCUT2D eigenvalue weighted by Crippen LogP contribution is 2.35. The largest absolute Gasteiger partial charge is 0.488 e. The first-order valence-electron chi connectivity index (χ1n) is 10.2. The number of tetrazole rings is 1. The van der Waals surface area contributed by atoms with Gasteiger partial charge in [0.1, 0.15) is 10.8 Å². The summed E-state index contributed by atoms with van der Waals surface area (Å²) >= 11 is 7.69. The van der Waals surface area contributed by atoms with Gasteiger partial charge in [-0.2, -0.15) is 13.2 Å². The fourth-order valence-corrected chi connectivity index (χ4v) is 4.91. The van der Waals surface area contributed by atoms with Crippen molar-refractivity contribution in [3.05, 3.63) is 46.2 Å².